The summed E-state index contributed by atoms with van der Waals surface area (Å²) in [5.74, 6) is 0.649. The lowest BCUT2D eigenvalue weighted by Crippen LogP contribution is -2.28. The smallest absolute Gasteiger partial charge is 0.270 e. The number of hydrogen-bond acceptors (Lipinski definition) is 7. The number of aliphatic hydroxyl groups excluding tert-OH is 1. The topological polar surface area (TPSA) is 114 Å². The minimum atomic E-state index is -0.555. The predicted octanol–water partition coefficient (Wildman–Crippen LogP) is 1.97. The highest BCUT2D eigenvalue weighted by molar-refractivity contribution is 6.00. The number of nitrogens with zero attached hydrogens (tertiary/aromatic N) is 2. The maximum atomic E-state index is 12.7. The molecule has 2 aromatic carbocycles. The Hall–Kier alpha value is -3.33. The zero-order chi connectivity index (χ0) is 20.7. The molecule has 9 heteroatoms. The first-order valence-electron chi connectivity index (χ1n) is 8.50. The Morgan fingerprint density at radius 3 is 2.50 bits per heavy atom. The van der Waals surface area contributed by atoms with Crippen molar-refractivity contribution in [3.8, 4) is 11.5 Å². The van der Waals surface area contributed by atoms with E-state index >= 15 is 0 Å². The molecule has 150 valence electrons. The lowest BCUT2D eigenvalue weighted by molar-refractivity contribution is -0.384. The molecule has 0 heterocycles. The van der Waals surface area contributed by atoms with Crippen LogP contribution in [0.4, 0.5) is 11.4 Å². The van der Waals surface area contributed by atoms with E-state index in [0.717, 1.165) is 5.56 Å². The number of amides is 1. The van der Waals surface area contributed by atoms with E-state index in [1.807, 2.05) is 0 Å². The highest BCUT2D eigenvalue weighted by Crippen LogP contribution is 2.28. The molecule has 0 radical (unpaired) electrons. The van der Waals surface area contributed by atoms with Gasteiger partial charge >= 0.3 is 0 Å². The van der Waals surface area contributed by atoms with Crippen molar-refractivity contribution in [1.82, 2.24) is 5.32 Å². The fourth-order valence-electron chi connectivity index (χ4n) is 2.69. The standard InChI is InChI=1S/C19H23N3O6/c1-21(8-9-23)16-6-5-14(22(25)26)11-15(16)19(24)20-12-13-4-7-17(27-2)18(10-13)28-3/h4-7,10-11,23H,8-9,12H2,1-3H3,(H,20,24). The van der Waals surface area contributed by atoms with Gasteiger partial charge in [-0.25, -0.2) is 0 Å². The molecule has 2 aromatic rings. The van der Waals surface area contributed by atoms with Gasteiger partial charge in [0.25, 0.3) is 11.6 Å². The number of aliphatic hydroxyl groups is 1. The van der Waals surface area contributed by atoms with Crippen LogP contribution < -0.4 is 19.7 Å². The van der Waals surface area contributed by atoms with Crippen molar-refractivity contribution in [1.29, 1.82) is 0 Å². The first kappa shape index (κ1) is 21.0. The number of nitro benzene ring substituents is 1. The van der Waals surface area contributed by atoms with Crippen molar-refractivity contribution >= 4 is 17.3 Å². The van der Waals surface area contributed by atoms with E-state index in [-0.39, 0.29) is 30.9 Å². The van der Waals surface area contributed by atoms with Crippen LogP contribution in [0.5, 0.6) is 11.5 Å². The maximum Gasteiger partial charge on any atom is 0.270 e. The second kappa shape index (κ2) is 9.56. The summed E-state index contributed by atoms with van der Waals surface area (Å²) in [4.78, 5) is 24.9. The summed E-state index contributed by atoms with van der Waals surface area (Å²) in [7, 11) is 4.75. The molecule has 1 amide bonds. The number of carbonyl (C=O) groups is 1. The largest absolute Gasteiger partial charge is 0.493 e. The van der Waals surface area contributed by atoms with E-state index in [1.165, 1.54) is 32.4 Å². The lowest BCUT2D eigenvalue weighted by atomic mass is 10.1. The summed E-state index contributed by atoms with van der Waals surface area (Å²) >= 11 is 0. The minimum absolute atomic E-state index is 0.111. The summed E-state index contributed by atoms with van der Waals surface area (Å²) in [5, 5.41) is 23.0. The van der Waals surface area contributed by atoms with Gasteiger partial charge in [-0.15, -0.1) is 0 Å². The molecule has 0 saturated carbocycles. The van der Waals surface area contributed by atoms with Gasteiger partial charge in [0.1, 0.15) is 0 Å². The van der Waals surface area contributed by atoms with Crippen LogP contribution in [-0.4, -0.2) is 50.4 Å². The van der Waals surface area contributed by atoms with Gasteiger partial charge in [0.2, 0.25) is 0 Å². The number of rotatable bonds is 9. The number of likely N-dealkylation sites (N-methyl/N-ethyl adjacent to an activating group) is 1. The number of methoxy groups -OCH3 is 2. The van der Waals surface area contributed by atoms with Crippen LogP contribution in [0.25, 0.3) is 0 Å². The Labute approximate surface area is 162 Å². The molecule has 0 aliphatic heterocycles. The fraction of sp³-hybridized carbons (Fsp3) is 0.316. The van der Waals surface area contributed by atoms with Gasteiger partial charge in [0, 0.05) is 38.0 Å². The molecular weight excluding hydrogens is 366 g/mol. The Bertz CT molecular complexity index is 856. The van der Waals surface area contributed by atoms with E-state index in [2.05, 4.69) is 5.32 Å². The van der Waals surface area contributed by atoms with Crippen LogP contribution in [-0.2, 0) is 6.54 Å². The van der Waals surface area contributed by atoms with Crippen molar-refractivity contribution in [2.75, 3.05) is 39.3 Å². The normalized spacial score (nSPS) is 10.3. The van der Waals surface area contributed by atoms with Gasteiger partial charge in [-0.3, -0.25) is 14.9 Å². The van der Waals surface area contributed by atoms with Crippen LogP contribution in [0.3, 0.4) is 0 Å². The molecule has 0 fully saturated rings. The number of non-ortho nitro benzene ring substituents is 1. The van der Waals surface area contributed by atoms with E-state index in [1.54, 1.807) is 30.1 Å². The quantitative estimate of drug-likeness (QED) is 0.498. The lowest BCUT2D eigenvalue weighted by Gasteiger charge is -2.21. The highest BCUT2D eigenvalue weighted by atomic mass is 16.6. The van der Waals surface area contributed by atoms with Gasteiger partial charge in [-0.05, 0) is 23.8 Å². The summed E-state index contributed by atoms with van der Waals surface area (Å²) < 4.78 is 10.4. The molecule has 0 spiro atoms. The molecule has 0 unspecified atom stereocenters. The molecule has 0 saturated heterocycles. The van der Waals surface area contributed by atoms with Crippen LogP contribution in [0.2, 0.25) is 0 Å². The first-order chi connectivity index (χ1) is 13.4. The van der Waals surface area contributed by atoms with Crippen molar-refractivity contribution in [3.05, 3.63) is 57.6 Å². The summed E-state index contributed by atoms with van der Waals surface area (Å²) in [6.45, 7) is 0.374. The Morgan fingerprint density at radius 1 is 1.18 bits per heavy atom. The monoisotopic (exact) mass is 389 g/mol. The summed E-state index contributed by atoms with van der Waals surface area (Å²) in [6.07, 6.45) is 0. The maximum absolute atomic E-state index is 12.7. The number of hydrogen-bond donors (Lipinski definition) is 2. The van der Waals surface area contributed by atoms with Crippen LogP contribution in [0.15, 0.2) is 36.4 Å². The predicted molar refractivity (Wildman–Crippen MR) is 104 cm³/mol. The van der Waals surface area contributed by atoms with Crippen LogP contribution >= 0.6 is 0 Å². The number of nitrogens with one attached hydrogen (secondary N) is 1. The van der Waals surface area contributed by atoms with Gasteiger partial charge in [0.15, 0.2) is 11.5 Å². The van der Waals surface area contributed by atoms with Crippen LogP contribution in [0.1, 0.15) is 15.9 Å². The first-order valence-corrected chi connectivity index (χ1v) is 8.50. The third-order valence-electron chi connectivity index (χ3n) is 4.18. The Morgan fingerprint density at radius 2 is 1.89 bits per heavy atom. The molecule has 0 bridgehead atoms. The molecular formula is C19H23N3O6. The van der Waals surface area contributed by atoms with E-state index in [9.17, 15) is 14.9 Å². The SMILES string of the molecule is COc1ccc(CNC(=O)c2cc([N+](=O)[O-])ccc2N(C)CCO)cc1OC. The average Bonchev–Trinajstić information content (AvgIpc) is 2.71. The van der Waals surface area contributed by atoms with Crippen molar-refractivity contribution in [2.24, 2.45) is 0 Å². The molecule has 9 nitrogen and oxygen atoms in total. The number of anilines is 1. The second-order valence-electron chi connectivity index (χ2n) is 5.98. The molecule has 2 N–H and O–H groups in total. The fourth-order valence-corrected chi connectivity index (χ4v) is 2.69. The van der Waals surface area contributed by atoms with Gasteiger partial charge in [0.05, 0.1) is 31.3 Å². The molecule has 0 aromatic heterocycles. The average molecular weight is 389 g/mol. The highest BCUT2D eigenvalue weighted by Gasteiger charge is 2.19. The number of carbonyl (C=O) groups excluding carboxylic acids is 1. The number of nitro groups is 1. The Balaban J connectivity index is 2.25. The third kappa shape index (κ3) is 4.89. The second-order valence-corrected chi connectivity index (χ2v) is 5.98. The van der Waals surface area contributed by atoms with Gasteiger partial charge < -0.3 is 24.8 Å². The number of benzene rings is 2. The van der Waals surface area contributed by atoms with Crippen molar-refractivity contribution in [2.45, 2.75) is 6.54 Å². The molecule has 28 heavy (non-hydrogen) atoms. The zero-order valence-electron chi connectivity index (χ0n) is 16.0. The van der Waals surface area contributed by atoms with E-state index in [4.69, 9.17) is 14.6 Å². The van der Waals surface area contributed by atoms with Crippen molar-refractivity contribution < 1.29 is 24.3 Å². The third-order valence-corrected chi connectivity index (χ3v) is 4.18. The number of ether oxygens (including phenoxy) is 2. The summed E-state index contributed by atoms with van der Waals surface area (Å²) in [6, 6.07) is 9.31. The Kier molecular flexibility index (Phi) is 7.16. The zero-order valence-corrected chi connectivity index (χ0v) is 16.0. The molecule has 0 aliphatic rings. The van der Waals surface area contributed by atoms with Gasteiger partial charge in [-0.2, -0.15) is 0 Å². The minimum Gasteiger partial charge on any atom is -0.493 e. The van der Waals surface area contributed by atoms with Crippen molar-refractivity contribution in [3.63, 3.8) is 0 Å². The molecule has 0 aliphatic carbocycles. The molecule has 0 atom stereocenters. The summed E-state index contributed by atoms with van der Waals surface area (Å²) in [5.41, 5.74) is 1.24. The van der Waals surface area contributed by atoms with Gasteiger partial charge in [-0.1, -0.05) is 6.07 Å². The molecule has 2 rings (SSSR count). The van der Waals surface area contributed by atoms with Crippen LogP contribution in [0, 0.1) is 10.1 Å². The van der Waals surface area contributed by atoms with E-state index < -0.39 is 10.8 Å². The van der Waals surface area contributed by atoms with E-state index in [0.29, 0.717) is 17.2 Å².